The molecule has 0 spiro atoms. The summed E-state index contributed by atoms with van der Waals surface area (Å²) in [7, 11) is 1.32. The number of rotatable bonds is 2. The van der Waals surface area contributed by atoms with Gasteiger partial charge in [-0.25, -0.2) is 4.79 Å². The molecule has 1 aliphatic carbocycles. The minimum absolute atomic E-state index is 0.0567. The molecule has 3 aromatic rings. The van der Waals surface area contributed by atoms with E-state index in [1.807, 2.05) is 17.5 Å². The molecular weight excluding hydrogens is 336 g/mol. The highest BCUT2D eigenvalue weighted by Gasteiger charge is 2.22. The van der Waals surface area contributed by atoms with Crippen molar-refractivity contribution in [2.24, 2.45) is 0 Å². The van der Waals surface area contributed by atoms with Crippen LogP contribution in [0.4, 0.5) is 0 Å². The number of ether oxygens (including phenoxy) is 1. The van der Waals surface area contributed by atoms with Gasteiger partial charge in [-0.05, 0) is 60.6 Å². The second kappa shape index (κ2) is 6.33. The van der Waals surface area contributed by atoms with Crippen molar-refractivity contribution < 1.29 is 13.9 Å². The van der Waals surface area contributed by atoms with Crippen LogP contribution in [0.5, 0.6) is 0 Å². The summed E-state index contributed by atoms with van der Waals surface area (Å²) in [4.78, 5) is 25.8. The summed E-state index contributed by atoms with van der Waals surface area (Å²) in [6, 6.07) is 8.90. The van der Waals surface area contributed by atoms with Gasteiger partial charge in [0.05, 0.1) is 18.1 Å². The standard InChI is InChI=1S/C20H16O4S/c1-23-20(22)13-7-8-17-16(11-13)18(21)15-6-2-4-12(19(15)24-17)10-14-5-3-9-25-14/h3,5,7-11H,2,4,6H2,1H3. The summed E-state index contributed by atoms with van der Waals surface area (Å²) in [5, 5.41) is 2.46. The third-order valence-electron chi connectivity index (χ3n) is 4.43. The third-order valence-corrected chi connectivity index (χ3v) is 5.25. The van der Waals surface area contributed by atoms with E-state index >= 15 is 0 Å². The van der Waals surface area contributed by atoms with Gasteiger partial charge in [0.1, 0.15) is 11.3 Å². The lowest BCUT2D eigenvalue weighted by Gasteiger charge is -2.18. The van der Waals surface area contributed by atoms with Gasteiger partial charge in [-0.3, -0.25) is 4.79 Å². The molecule has 0 atom stereocenters. The van der Waals surface area contributed by atoms with Gasteiger partial charge in [0.15, 0.2) is 5.43 Å². The first-order valence-corrected chi connectivity index (χ1v) is 8.98. The smallest absolute Gasteiger partial charge is 0.337 e. The first kappa shape index (κ1) is 15.8. The fraction of sp³-hybridized carbons (Fsp3) is 0.200. The van der Waals surface area contributed by atoms with Crippen molar-refractivity contribution in [2.45, 2.75) is 19.3 Å². The Labute approximate surface area is 148 Å². The van der Waals surface area contributed by atoms with Crippen molar-refractivity contribution in [3.63, 3.8) is 0 Å². The second-order valence-electron chi connectivity index (χ2n) is 5.98. The van der Waals surface area contributed by atoms with Crippen molar-refractivity contribution in [1.29, 1.82) is 0 Å². The van der Waals surface area contributed by atoms with E-state index in [0.717, 1.165) is 23.3 Å². The van der Waals surface area contributed by atoms with Gasteiger partial charge in [-0.15, -0.1) is 11.3 Å². The minimum Gasteiger partial charge on any atom is -0.465 e. The van der Waals surface area contributed by atoms with E-state index in [1.165, 1.54) is 7.11 Å². The molecule has 0 fully saturated rings. The molecule has 2 aromatic heterocycles. The van der Waals surface area contributed by atoms with Crippen LogP contribution in [0, 0.1) is 0 Å². The molecule has 5 heteroatoms. The number of thiophene rings is 1. The van der Waals surface area contributed by atoms with E-state index in [4.69, 9.17) is 9.15 Å². The van der Waals surface area contributed by atoms with Gasteiger partial charge in [-0.2, -0.15) is 0 Å². The third kappa shape index (κ3) is 2.81. The zero-order chi connectivity index (χ0) is 17.4. The predicted molar refractivity (Wildman–Crippen MR) is 99.0 cm³/mol. The van der Waals surface area contributed by atoms with Crippen LogP contribution in [0.2, 0.25) is 0 Å². The Morgan fingerprint density at radius 2 is 2.16 bits per heavy atom. The zero-order valence-electron chi connectivity index (χ0n) is 13.7. The Morgan fingerprint density at radius 3 is 2.92 bits per heavy atom. The van der Waals surface area contributed by atoms with E-state index in [-0.39, 0.29) is 5.43 Å². The van der Waals surface area contributed by atoms with Gasteiger partial charge in [0, 0.05) is 10.4 Å². The van der Waals surface area contributed by atoms with Gasteiger partial charge in [0.2, 0.25) is 0 Å². The fourth-order valence-electron chi connectivity index (χ4n) is 3.22. The number of esters is 1. The lowest BCUT2D eigenvalue weighted by Crippen LogP contribution is -2.16. The molecule has 126 valence electrons. The lowest BCUT2D eigenvalue weighted by atomic mass is 9.91. The molecule has 0 aliphatic heterocycles. The summed E-state index contributed by atoms with van der Waals surface area (Å²) < 4.78 is 10.8. The Balaban J connectivity index is 1.91. The number of methoxy groups -OCH3 is 1. The van der Waals surface area contributed by atoms with Gasteiger partial charge < -0.3 is 9.15 Å². The molecular formula is C20H16O4S. The quantitative estimate of drug-likeness (QED) is 0.636. The van der Waals surface area contributed by atoms with Crippen LogP contribution in [0.1, 0.15) is 39.4 Å². The maximum atomic E-state index is 12.9. The molecule has 0 unspecified atom stereocenters. The number of fused-ring (bicyclic) bond motifs is 2. The highest BCUT2D eigenvalue weighted by molar-refractivity contribution is 7.10. The first-order valence-electron chi connectivity index (χ1n) is 8.10. The molecule has 0 radical (unpaired) electrons. The SMILES string of the molecule is COC(=O)c1ccc2oc3c(c(=O)c2c1)CCCC3=Cc1cccs1. The average molecular weight is 352 g/mol. The number of hydrogen-bond acceptors (Lipinski definition) is 5. The van der Waals surface area contributed by atoms with Crippen LogP contribution in [0.3, 0.4) is 0 Å². The Kier molecular flexibility index (Phi) is 4.01. The first-order chi connectivity index (χ1) is 12.2. The molecule has 4 rings (SSSR count). The van der Waals surface area contributed by atoms with Crippen LogP contribution >= 0.6 is 11.3 Å². The Hall–Kier alpha value is -2.66. The lowest BCUT2D eigenvalue weighted by molar-refractivity contribution is 0.0601. The van der Waals surface area contributed by atoms with Crippen molar-refractivity contribution in [2.75, 3.05) is 7.11 Å². The predicted octanol–water partition coefficient (Wildman–Crippen LogP) is 4.52. The Bertz CT molecular complexity index is 1040. The molecule has 0 N–H and O–H groups in total. The van der Waals surface area contributed by atoms with Crippen LogP contribution in [0.25, 0.3) is 22.6 Å². The molecule has 0 amide bonds. The number of carbonyl (C=O) groups excluding carboxylic acids is 1. The molecule has 1 aliphatic rings. The monoisotopic (exact) mass is 352 g/mol. The topological polar surface area (TPSA) is 56.5 Å². The number of benzene rings is 1. The highest BCUT2D eigenvalue weighted by atomic mass is 32.1. The van der Waals surface area contributed by atoms with Crippen molar-refractivity contribution in [3.8, 4) is 0 Å². The molecule has 1 aromatic carbocycles. The van der Waals surface area contributed by atoms with Crippen LogP contribution in [-0.2, 0) is 11.2 Å². The van der Waals surface area contributed by atoms with Crippen molar-refractivity contribution >= 4 is 39.9 Å². The van der Waals surface area contributed by atoms with E-state index in [0.29, 0.717) is 34.3 Å². The largest absolute Gasteiger partial charge is 0.465 e. The van der Waals surface area contributed by atoms with Crippen LogP contribution < -0.4 is 5.43 Å². The summed E-state index contributed by atoms with van der Waals surface area (Å²) in [5.74, 6) is 0.222. The van der Waals surface area contributed by atoms with Crippen LogP contribution in [0.15, 0.2) is 44.9 Å². The van der Waals surface area contributed by atoms with Gasteiger partial charge in [-0.1, -0.05) is 6.07 Å². The summed E-state index contributed by atoms with van der Waals surface area (Å²) in [6.45, 7) is 0. The summed E-state index contributed by atoms with van der Waals surface area (Å²) in [6.07, 6.45) is 4.59. The van der Waals surface area contributed by atoms with E-state index < -0.39 is 5.97 Å². The normalized spacial score (nSPS) is 15.3. The maximum Gasteiger partial charge on any atom is 0.337 e. The zero-order valence-corrected chi connectivity index (χ0v) is 14.5. The van der Waals surface area contributed by atoms with Crippen molar-refractivity contribution in [3.05, 3.63) is 67.7 Å². The van der Waals surface area contributed by atoms with Crippen LogP contribution in [-0.4, -0.2) is 13.1 Å². The molecule has 2 heterocycles. The van der Waals surface area contributed by atoms with Gasteiger partial charge >= 0.3 is 5.97 Å². The number of allylic oxidation sites excluding steroid dienone is 1. The second-order valence-corrected chi connectivity index (χ2v) is 6.96. The highest BCUT2D eigenvalue weighted by Crippen LogP contribution is 2.33. The maximum absolute atomic E-state index is 12.9. The molecule has 4 nitrogen and oxygen atoms in total. The van der Waals surface area contributed by atoms with E-state index in [9.17, 15) is 9.59 Å². The fourth-order valence-corrected chi connectivity index (χ4v) is 3.90. The molecule has 0 saturated heterocycles. The Morgan fingerprint density at radius 1 is 1.28 bits per heavy atom. The summed E-state index contributed by atoms with van der Waals surface area (Å²) >= 11 is 1.66. The van der Waals surface area contributed by atoms with Gasteiger partial charge in [0.25, 0.3) is 0 Å². The van der Waals surface area contributed by atoms with Crippen molar-refractivity contribution in [1.82, 2.24) is 0 Å². The molecule has 0 saturated carbocycles. The van der Waals surface area contributed by atoms with E-state index in [2.05, 4.69) is 6.08 Å². The molecule has 25 heavy (non-hydrogen) atoms. The van der Waals surface area contributed by atoms with E-state index in [1.54, 1.807) is 29.5 Å². The average Bonchev–Trinajstić information content (AvgIpc) is 3.15. The minimum atomic E-state index is -0.461. The molecule has 0 bridgehead atoms. The number of hydrogen-bond donors (Lipinski definition) is 0. The summed E-state index contributed by atoms with van der Waals surface area (Å²) in [5.41, 5.74) is 2.55. The number of carbonyl (C=O) groups is 1.